The first-order valence-corrected chi connectivity index (χ1v) is 11.3. The number of oxazole rings is 1. The van der Waals surface area contributed by atoms with Gasteiger partial charge < -0.3 is 13.9 Å². The molecule has 10 heteroatoms. The molecule has 5 rings (SSSR count). The van der Waals surface area contributed by atoms with Crippen molar-refractivity contribution in [1.29, 1.82) is 0 Å². The number of benzene rings is 2. The summed E-state index contributed by atoms with van der Waals surface area (Å²) >= 11 is 0. The number of amides is 2. The fourth-order valence-electron chi connectivity index (χ4n) is 4.31. The number of ether oxygens (including phenoxy) is 2. The van der Waals surface area contributed by atoms with Crippen LogP contribution in [0.5, 0.6) is 11.5 Å². The molecule has 0 spiro atoms. The summed E-state index contributed by atoms with van der Waals surface area (Å²) in [7, 11) is 3.14. The Hall–Kier alpha value is -4.21. The molecule has 10 nitrogen and oxygen atoms in total. The molecule has 2 amide bonds. The SMILES string of the molecule is CCc1ccc(N2C(=O)[C@@H]3[C@@H](N=NN3Cc3nc(-c4ccc(OC)cc4OC)oc3C)C2=O)cc1. The molecule has 1 saturated heterocycles. The average Bonchev–Trinajstić information content (AvgIpc) is 3.54. The number of anilines is 1. The Bertz CT molecular complexity index is 1320. The van der Waals surface area contributed by atoms with E-state index < -0.39 is 12.1 Å². The van der Waals surface area contributed by atoms with Gasteiger partial charge in [-0.2, -0.15) is 5.11 Å². The molecule has 2 aliphatic rings. The molecule has 180 valence electrons. The Morgan fingerprint density at radius 2 is 1.80 bits per heavy atom. The summed E-state index contributed by atoms with van der Waals surface area (Å²) in [5, 5.41) is 9.73. The van der Waals surface area contributed by atoms with Crippen molar-refractivity contribution in [3.63, 3.8) is 0 Å². The maximum absolute atomic E-state index is 13.3. The summed E-state index contributed by atoms with van der Waals surface area (Å²) < 4.78 is 16.6. The van der Waals surface area contributed by atoms with Crippen LogP contribution in [0.2, 0.25) is 0 Å². The largest absolute Gasteiger partial charge is 0.497 e. The third kappa shape index (κ3) is 3.80. The molecule has 3 heterocycles. The molecule has 0 radical (unpaired) electrons. The molecule has 2 atom stereocenters. The van der Waals surface area contributed by atoms with Crippen molar-refractivity contribution in [1.82, 2.24) is 9.99 Å². The van der Waals surface area contributed by atoms with Crippen molar-refractivity contribution in [2.24, 2.45) is 10.3 Å². The lowest BCUT2D eigenvalue weighted by Crippen LogP contribution is -2.39. The van der Waals surface area contributed by atoms with Gasteiger partial charge >= 0.3 is 0 Å². The minimum Gasteiger partial charge on any atom is -0.497 e. The highest BCUT2D eigenvalue weighted by Gasteiger charge is 2.54. The van der Waals surface area contributed by atoms with E-state index in [0.29, 0.717) is 40.1 Å². The van der Waals surface area contributed by atoms with Gasteiger partial charge in [0.05, 0.1) is 32.0 Å². The Morgan fingerprint density at radius 3 is 2.49 bits per heavy atom. The van der Waals surface area contributed by atoms with Gasteiger partial charge in [0.1, 0.15) is 23.0 Å². The number of imide groups is 1. The second-order valence-corrected chi connectivity index (χ2v) is 8.31. The molecule has 0 N–H and O–H groups in total. The molecule has 3 aromatic rings. The number of aryl methyl sites for hydroxylation is 2. The van der Waals surface area contributed by atoms with Crippen LogP contribution in [0.15, 0.2) is 57.2 Å². The minimum atomic E-state index is -0.873. The van der Waals surface area contributed by atoms with Gasteiger partial charge in [0.2, 0.25) is 5.89 Å². The molecule has 0 bridgehead atoms. The van der Waals surface area contributed by atoms with Gasteiger partial charge in [-0.3, -0.25) is 14.6 Å². The summed E-state index contributed by atoms with van der Waals surface area (Å²) in [6.45, 7) is 4.00. The molecule has 0 saturated carbocycles. The molecule has 35 heavy (non-hydrogen) atoms. The third-order valence-electron chi connectivity index (χ3n) is 6.30. The van der Waals surface area contributed by atoms with E-state index in [9.17, 15) is 9.59 Å². The maximum atomic E-state index is 13.3. The zero-order chi connectivity index (χ0) is 24.7. The molecular weight excluding hydrogens is 450 g/mol. The van der Waals surface area contributed by atoms with E-state index in [0.717, 1.165) is 12.0 Å². The standard InChI is InChI=1S/C25H25N5O5/c1-5-15-6-8-16(9-7-15)30-24(31)21-22(25(30)32)29(28-27-21)13-19-14(2)35-23(26-19)18-11-10-17(33-3)12-20(18)34-4/h6-12,21-22H,5,13H2,1-4H3/t21-,22+/m1/s1. The number of fused-ring (bicyclic) bond motifs is 1. The van der Waals surface area contributed by atoms with Crippen molar-refractivity contribution < 1.29 is 23.5 Å². The van der Waals surface area contributed by atoms with E-state index >= 15 is 0 Å². The zero-order valence-corrected chi connectivity index (χ0v) is 19.9. The fourth-order valence-corrected chi connectivity index (χ4v) is 4.31. The van der Waals surface area contributed by atoms with Crippen LogP contribution in [0.25, 0.3) is 11.5 Å². The second kappa shape index (κ2) is 8.86. The molecule has 1 aromatic heterocycles. The number of aromatic nitrogens is 1. The summed E-state index contributed by atoms with van der Waals surface area (Å²) in [5.74, 6) is 1.41. The van der Waals surface area contributed by atoms with Crippen LogP contribution in [0.1, 0.15) is 23.9 Å². The van der Waals surface area contributed by atoms with Gasteiger partial charge in [0, 0.05) is 6.07 Å². The molecule has 2 aliphatic heterocycles. The van der Waals surface area contributed by atoms with Gasteiger partial charge in [-0.1, -0.05) is 24.3 Å². The Labute approximate surface area is 202 Å². The first-order valence-electron chi connectivity index (χ1n) is 11.3. The topological polar surface area (TPSA) is 110 Å². The summed E-state index contributed by atoms with van der Waals surface area (Å²) in [4.78, 5) is 32.1. The quantitative estimate of drug-likeness (QED) is 0.479. The summed E-state index contributed by atoms with van der Waals surface area (Å²) in [5.41, 5.74) is 2.91. The lowest BCUT2D eigenvalue weighted by atomic mass is 10.1. The predicted molar refractivity (Wildman–Crippen MR) is 126 cm³/mol. The highest BCUT2D eigenvalue weighted by Crippen LogP contribution is 2.36. The Morgan fingerprint density at radius 1 is 1.03 bits per heavy atom. The third-order valence-corrected chi connectivity index (χ3v) is 6.30. The molecule has 0 unspecified atom stereocenters. The first kappa shape index (κ1) is 22.6. The van der Waals surface area contributed by atoms with Crippen molar-refractivity contribution in [3.05, 3.63) is 59.5 Å². The second-order valence-electron chi connectivity index (χ2n) is 8.31. The molecular formula is C25H25N5O5. The number of hydrogen-bond donors (Lipinski definition) is 0. The highest BCUT2D eigenvalue weighted by molar-refractivity contribution is 6.25. The van der Waals surface area contributed by atoms with Gasteiger partial charge in [0.25, 0.3) is 11.8 Å². The number of methoxy groups -OCH3 is 2. The van der Waals surface area contributed by atoms with Crippen LogP contribution in [0.4, 0.5) is 5.69 Å². The average molecular weight is 476 g/mol. The van der Waals surface area contributed by atoms with Crippen molar-refractivity contribution in [2.45, 2.75) is 38.9 Å². The lowest BCUT2D eigenvalue weighted by Gasteiger charge is -2.20. The maximum Gasteiger partial charge on any atom is 0.263 e. The number of nitrogens with zero attached hydrogens (tertiary/aromatic N) is 5. The summed E-state index contributed by atoms with van der Waals surface area (Å²) in [6.07, 6.45) is 0.872. The Kier molecular flexibility index (Phi) is 5.72. The van der Waals surface area contributed by atoms with Crippen LogP contribution in [-0.4, -0.2) is 48.1 Å². The highest BCUT2D eigenvalue weighted by atomic mass is 16.5. The normalized spacial score (nSPS) is 19.0. The van der Waals surface area contributed by atoms with Gasteiger partial charge in [-0.25, -0.2) is 9.88 Å². The van der Waals surface area contributed by atoms with E-state index in [4.69, 9.17) is 13.9 Å². The smallest absolute Gasteiger partial charge is 0.263 e. The van der Waals surface area contributed by atoms with E-state index in [1.165, 1.54) is 9.91 Å². The minimum absolute atomic E-state index is 0.167. The molecule has 0 aliphatic carbocycles. The monoisotopic (exact) mass is 475 g/mol. The van der Waals surface area contributed by atoms with Crippen LogP contribution in [-0.2, 0) is 22.6 Å². The van der Waals surface area contributed by atoms with Gasteiger partial charge in [-0.15, -0.1) is 0 Å². The van der Waals surface area contributed by atoms with Crippen LogP contribution < -0.4 is 14.4 Å². The van der Waals surface area contributed by atoms with E-state index in [1.54, 1.807) is 51.5 Å². The number of hydrogen-bond acceptors (Lipinski definition) is 9. The summed E-state index contributed by atoms with van der Waals surface area (Å²) in [6, 6.07) is 11.1. The first-order chi connectivity index (χ1) is 16.9. The zero-order valence-electron chi connectivity index (χ0n) is 19.9. The number of carbonyl (C=O) groups is 2. The molecule has 2 aromatic carbocycles. The van der Waals surface area contributed by atoms with E-state index in [2.05, 4.69) is 15.3 Å². The van der Waals surface area contributed by atoms with Crippen LogP contribution >= 0.6 is 0 Å². The van der Waals surface area contributed by atoms with Crippen molar-refractivity contribution in [2.75, 3.05) is 19.1 Å². The van der Waals surface area contributed by atoms with Crippen LogP contribution in [0.3, 0.4) is 0 Å². The van der Waals surface area contributed by atoms with Crippen LogP contribution in [0, 0.1) is 6.92 Å². The fraction of sp³-hybridized carbons (Fsp3) is 0.320. The van der Waals surface area contributed by atoms with Crippen molar-refractivity contribution >= 4 is 17.5 Å². The van der Waals surface area contributed by atoms with Gasteiger partial charge in [0.15, 0.2) is 12.1 Å². The number of rotatable bonds is 7. The van der Waals surface area contributed by atoms with E-state index in [-0.39, 0.29) is 18.4 Å². The molecule has 1 fully saturated rings. The van der Waals surface area contributed by atoms with Crippen molar-refractivity contribution in [3.8, 4) is 23.0 Å². The number of carbonyl (C=O) groups excluding carboxylic acids is 2. The Balaban J connectivity index is 1.38. The van der Waals surface area contributed by atoms with E-state index in [1.807, 2.05) is 19.1 Å². The predicted octanol–water partition coefficient (Wildman–Crippen LogP) is 3.72. The van der Waals surface area contributed by atoms with Gasteiger partial charge in [-0.05, 0) is 43.2 Å². The lowest BCUT2D eigenvalue weighted by molar-refractivity contribution is -0.123.